The molecule has 0 aliphatic carbocycles. The molecular formula is C19H25BrN2O3. The third-order valence-corrected chi connectivity index (χ3v) is 4.42. The molecule has 136 valence electrons. The van der Waals surface area contributed by atoms with Gasteiger partial charge in [-0.25, -0.2) is 0 Å². The number of halogens is 1. The smallest absolute Gasteiger partial charge is 0.217 e. The molecule has 2 atom stereocenters. The number of aliphatic hydroxyl groups excluding tert-OH is 1. The highest BCUT2D eigenvalue weighted by molar-refractivity contribution is 9.10. The van der Waals surface area contributed by atoms with Gasteiger partial charge >= 0.3 is 0 Å². The number of pyridine rings is 1. The minimum Gasteiger partial charge on any atom is -0.370 e. The molecule has 0 radical (unpaired) electrons. The molecule has 0 bridgehead atoms. The monoisotopic (exact) mass is 408 g/mol. The Balaban J connectivity index is 2.44. The molecule has 3 N–H and O–H groups in total. The molecular weight excluding hydrogens is 384 g/mol. The Hall–Kier alpha value is -1.50. The van der Waals surface area contributed by atoms with Crippen LogP contribution in [0.2, 0.25) is 0 Å². The topological polar surface area (TPSA) is 85.4 Å². The van der Waals surface area contributed by atoms with E-state index in [0.717, 1.165) is 26.6 Å². The number of nitrogens with zero attached hydrogens (tertiary/aromatic N) is 1. The molecule has 0 aliphatic heterocycles. The summed E-state index contributed by atoms with van der Waals surface area (Å²) < 4.78 is 6.70. The molecule has 1 aromatic heterocycles. The van der Waals surface area contributed by atoms with E-state index < -0.39 is 17.8 Å². The number of hydrogen-bond donors (Lipinski definition) is 2. The van der Waals surface area contributed by atoms with Crippen molar-refractivity contribution in [2.24, 2.45) is 5.73 Å². The number of aromatic nitrogens is 1. The predicted octanol–water partition coefficient (Wildman–Crippen LogP) is 3.79. The summed E-state index contributed by atoms with van der Waals surface area (Å²) in [4.78, 5) is 15.9. The first kappa shape index (κ1) is 19.8. The summed E-state index contributed by atoms with van der Waals surface area (Å²) in [6.07, 6.45) is -0.475. The maximum absolute atomic E-state index is 11.3. The first-order valence-electron chi connectivity index (χ1n) is 8.28. The standard InChI is InChI=1S/C19H25BrN2O3/c1-11-15(9-12-5-6-13(20)10-16(12)22-11)14(7-8-17(21)23)18(24)25-19(2,3)4/h5-6,9-10,14,18,24H,7-8H2,1-4H3,(H2,21,23). The van der Waals surface area contributed by atoms with Gasteiger partial charge in [0, 0.05) is 27.9 Å². The van der Waals surface area contributed by atoms with Crippen LogP contribution in [0.1, 0.15) is 50.8 Å². The SMILES string of the molecule is Cc1nc2cc(Br)ccc2cc1C(CCC(N)=O)C(O)OC(C)(C)C. The zero-order valence-electron chi connectivity index (χ0n) is 15.0. The zero-order valence-corrected chi connectivity index (χ0v) is 16.6. The summed E-state index contributed by atoms with van der Waals surface area (Å²) in [6, 6.07) is 7.87. The van der Waals surface area contributed by atoms with Gasteiger partial charge in [-0.1, -0.05) is 22.0 Å². The molecule has 6 heteroatoms. The fraction of sp³-hybridized carbons (Fsp3) is 0.474. The minimum absolute atomic E-state index is 0.174. The fourth-order valence-corrected chi connectivity index (χ4v) is 3.17. The largest absolute Gasteiger partial charge is 0.370 e. The van der Waals surface area contributed by atoms with E-state index in [4.69, 9.17) is 10.5 Å². The van der Waals surface area contributed by atoms with Crippen molar-refractivity contribution in [2.45, 2.75) is 58.3 Å². The second kappa shape index (κ2) is 7.81. The normalized spacial score (nSPS) is 14.5. The number of aryl methyl sites for hydroxylation is 1. The van der Waals surface area contributed by atoms with Crippen LogP contribution in [-0.4, -0.2) is 27.9 Å². The molecule has 0 saturated heterocycles. The number of primary amides is 1. The minimum atomic E-state index is -1.05. The maximum atomic E-state index is 11.3. The van der Waals surface area contributed by atoms with Gasteiger partial charge in [-0.15, -0.1) is 0 Å². The third-order valence-electron chi connectivity index (χ3n) is 3.93. The molecule has 1 aromatic carbocycles. The van der Waals surface area contributed by atoms with E-state index in [1.54, 1.807) is 0 Å². The average molecular weight is 409 g/mol. The Morgan fingerprint density at radius 2 is 2.04 bits per heavy atom. The summed E-state index contributed by atoms with van der Waals surface area (Å²) in [5, 5.41) is 11.6. The highest BCUT2D eigenvalue weighted by atomic mass is 79.9. The average Bonchev–Trinajstić information content (AvgIpc) is 2.45. The Bertz CT molecular complexity index is 771. The second-order valence-electron chi connectivity index (χ2n) is 7.23. The van der Waals surface area contributed by atoms with Crippen molar-refractivity contribution in [1.29, 1.82) is 0 Å². The van der Waals surface area contributed by atoms with E-state index in [1.165, 1.54) is 0 Å². The molecule has 1 heterocycles. The number of rotatable bonds is 6. The molecule has 5 nitrogen and oxygen atoms in total. The molecule has 2 unspecified atom stereocenters. The van der Waals surface area contributed by atoms with E-state index in [1.807, 2.05) is 52.0 Å². The van der Waals surface area contributed by atoms with Gasteiger partial charge in [0.05, 0.1) is 11.1 Å². The lowest BCUT2D eigenvalue weighted by atomic mass is 9.91. The summed E-state index contributed by atoms with van der Waals surface area (Å²) in [5.74, 6) is -0.782. The Morgan fingerprint density at radius 1 is 1.36 bits per heavy atom. The van der Waals surface area contributed by atoms with Crippen LogP contribution >= 0.6 is 15.9 Å². The van der Waals surface area contributed by atoms with Crippen LogP contribution in [0.25, 0.3) is 10.9 Å². The molecule has 0 saturated carbocycles. The molecule has 2 aromatic rings. The summed E-state index contributed by atoms with van der Waals surface area (Å²) in [6.45, 7) is 7.54. The van der Waals surface area contributed by atoms with Gasteiger partial charge in [0.15, 0.2) is 6.29 Å². The van der Waals surface area contributed by atoms with Crippen LogP contribution in [0.15, 0.2) is 28.7 Å². The zero-order chi connectivity index (χ0) is 18.8. The lowest BCUT2D eigenvalue weighted by Gasteiger charge is -2.30. The number of amides is 1. The van der Waals surface area contributed by atoms with Crippen LogP contribution < -0.4 is 5.73 Å². The molecule has 0 aliphatic rings. The number of nitrogens with two attached hydrogens (primary N) is 1. The van der Waals surface area contributed by atoms with Crippen LogP contribution in [0.4, 0.5) is 0 Å². The first-order valence-corrected chi connectivity index (χ1v) is 9.07. The van der Waals surface area contributed by atoms with Crippen molar-refractivity contribution in [3.05, 3.63) is 40.0 Å². The van der Waals surface area contributed by atoms with Gasteiger partial charge in [-0.3, -0.25) is 9.78 Å². The molecule has 0 spiro atoms. The van der Waals surface area contributed by atoms with Gasteiger partial charge in [0.2, 0.25) is 5.91 Å². The van der Waals surface area contributed by atoms with E-state index >= 15 is 0 Å². The van der Waals surface area contributed by atoms with Crippen molar-refractivity contribution < 1.29 is 14.6 Å². The van der Waals surface area contributed by atoms with Gasteiger partial charge in [-0.05, 0) is 57.9 Å². The lowest BCUT2D eigenvalue weighted by Crippen LogP contribution is -2.32. The lowest BCUT2D eigenvalue weighted by molar-refractivity contribution is -0.178. The second-order valence-corrected chi connectivity index (χ2v) is 8.15. The van der Waals surface area contributed by atoms with E-state index in [9.17, 15) is 9.90 Å². The van der Waals surface area contributed by atoms with Gasteiger partial charge in [-0.2, -0.15) is 0 Å². The van der Waals surface area contributed by atoms with Crippen molar-refractivity contribution >= 4 is 32.7 Å². The van der Waals surface area contributed by atoms with Crippen LogP contribution in [0, 0.1) is 6.92 Å². The van der Waals surface area contributed by atoms with Crippen LogP contribution in [0.5, 0.6) is 0 Å². The quantitative estimate of drug-likeness (QED) is 0.711. The highest BCUT2D eigenvalue weighted by Gasteiger charge is 2.28. The third kappa shape index (κ3) is 5.49. The van der Waals surface area contributed by atoms with Gasteiger partial charge in [0.25, 0.3) is 0 Å². The van der Waals surface area contributed by atoms with E-state index in [2.05, 4.69) is 20.9 Å². The number of ether oxygens (including phenoxy) is 1. The first-order chi connectivity index (χ1) is 11.6. The molecule has 25 heavy (non-hydrogen) atoms. The maximum Gasteiger partial charge on any atom is 0.217 e. The van der Waals surface area contributed by atoms with Crippen molar-refractivity contribution in [2.75, 3.05) is 0 Å². The molecule has 0 fully saturated rings. The Labute approximate surface area is 156 Å². The van der Waals surface area contributed by atoms with Crippen molar-refractivity contribution in [3.8, 4) is 0 Å². The summed E-state index contributed by atoms with van der Waals surface area (Å²) in [7, 11) is 0. The van der Waals surface area contributed by atoms with Gasteiger partial charge < -0.3 is 15.6 Å². The van der Waals surface area contributed by atoms with Crippen LogP contribution in [0.3, 0.4) is 0 Å². The molecule has 2 rings (SSSR count). The Kier molecular flexibility index (Phi) is 6.19. The summed E-state index contributed by atoms with van der Waals surface area (Å²) >= 11 is 3.45. The highest BCUT2D eigenvalue weighted by Crippen LogP contribution is 2.32. The molecule has 1 amide bonds. The van der Waals surface area contributed by atoms with Crippen LogP contribution in [-0.2, 0) is 9.53 Å². The number of carbonyl (C=O) groups excluding carboxylic acids is 1. The summed E-state index contributed by atoms with van der Waals surface area (Å²) in [5.41, 5.74) is 7.34. The number of aliphatic hydroxyl groups is 1. The van der Waals surface area contributed by atoms with Crippen molar-refractivity contribution in [1.82, 2.24) is 4.98 Å². The van der Waals surface area contributed by atoms with E-state index in [0.29, 0.717) is 6.42 Å². The van der Waals surface area contributed by atoms with Gasteiger partial charge in [0.1, 0.15) is 0 Å². The number of hydrogen-bond acceptors (Lipinski definition) is 4. The number of carbonyl (C=O) groups is 1. The number of fused-ring (bicyclic) bond motifs is 1. The Morgan fingerprint density at radius 3 is 2.64 bits per heavy atom. The fourth-order valence-electron chi connectivity index (χ4n) is 2.82. The number of benzene rings is 1. The predicted molar refractivity (Wildman–Crippen MR) is 102 cm³/mol. The van der Waals surface area contributed by atoms with Crippen molar-refractivity contribution in [3.63, 3.8) is 0 Å². The van der Waals surface area contributed by atoms with E-state index in [-0.39, 0.29) is 12.3 Å².